The SMILES string of the molecule is CCNC(=S)NC(=O)c1nn(-c2ccccc2)c(-c2ccccc2)c1C(=O)c1ccccc1. The van der Waals surface area contributed by atoms with E-state index in [0.29, 0.717) is 17.8 Å². The summed E-state index contributed by atoms with van der Waals surface area (Å²) in [5.41, 5.74) is 2.72. The molecule has 0 unspecified atom stereocenters. The fraction of sp³-hybridized carbons (Fsp3) is 0.0769. The van der Waals surface area contributed by atoms with Crippen LogP contribution < -0.4 is 10.6 Å². The summed E-state index contributed by atoms with van der Waals surface area (Å²) in [5.74, 6) is -0.844. The van der Waals surface area contributed by atoms with Crippen LogP contribution in [-0.2, 0) is 0 Å². The summed E-state index contributed by atoms with van der Waals surface area (Å²) in [5, 5.41) is 10.3. The van der Waals surface area contributed by atoms with Gasteiger partial charge in [0.15, 0.2) is 16.6 Å². The molecule has 0 aliphatic rings. The molecule has 164 valence electrons. The zero-order chi connectivity index (χ0) is 23.2. The van der Waals surface area contributed by atoms with E-state index in [1.54, 1.807) is 28.9 Å². The average Bonchev–Trinajstić information content (AvgIpc) is 3.26. The maximum Gasteiger partial charge on any atom is 0.278 e. The first-order chi connectivity index (χ1) is 16.1. The van der Waals surface area contributed by atoms with Gasteiger partial charge in [0.25, 0.3) is 5.91 Å². The van der Waals surface area contributed by atoms with Gasteiger partial charge >= 0.3 is 0 Å². The van der Waals surface area contributed by atoms with Gasteiger partial charge in [0.2, 0.25) is 0 Å². The van der Waals surface area contributed by atoms with Gasteiger partial charge < -0.3 is 5.32 Å². The lowest BCUT2D eigenvalue weighted by Crippen LogP contribution is -2.39. The van der Waals surface area contributed by atoms with Gasteiger partial charge in [-0.1, -0.05) is 78.9 Å². The molecule has 1 heterocycles. The Morgan fingerprint density at radius 3 is 2.06 bits per heavy atom. The van der Waals surface area contributed by atoms with Gasteiger partial charge in [0.05, 0.1) is 16.9 Å². The van der Waals surface area contributed by atoms with E-state index in [9.17, 15) is 9.59 Å². The van der Waals surface area contributed by atoms with Crippen LogP contribution in [0.4, 0.5) is 0 Å². The largest absolute Gasteiger partial charge is 0.363 e. The molecule has 0 fully saturated rings. The van der Waals surface area contributed by atoms with E-state index in [1.165, 1.54) is 0 Å². The van der Waals surface area contributed by atoms with Crippen molar-refractivity contribution >= 4 is 29.0 Å². The van der Waals surface area contributed by atoms with E-state index in [2.05, 4.69) is 15.7 Å². The first-order valence-corrected chi connectivity index (χ1v) is 10.9. The number of ketones is 1. The molecule has 0 saturated heterocycles. The second-order valence-electron chi connectivity index (χ2n) is 7.19. The first-order valence-electron chi connectivity index (χ1n) is 10.5. The van der Waals surface area contributed by atoms with E-state index in [0.717, 1.165) is 11.3 Å². The summed E-state index contributed by atoms with van der Waals surface area (Å²) in [6.45, 7) is 2.43. The molecule has 4 rings (SSSR count). The average molecular weight is 455 g/mol. The minimum atomic E-state index is -0.549. The molecule has 0 aliphatic carbocycles. The van der Waals surface area contributed by atoms with Crippen molar-refractivity contribution in [1.82, 2.24) is 20.4 Å². The van der Waals surface area contributed by atoms with Crippen molar-refractivity contribution in [3.05, 3.63) is 108 Å². The molecule has 33 heavy (non-hydrogen) atoms. The van der Waals surface area contributed by atoms with Crippen LogP contribution in [0.5, 0.6) is 0 Å². The second-order valence-corrected chi connectivity index (χ2v) is 7.60. The van der Waals surface area contributed by atoms with Gasteiger partial charge in [-0.05, 0) is 31.3 Å². The van der Waals surface area contributed by atoms with Crippen LogP contribution in [0.15, 0.2) is 91.0 Å². The van der Waals surface area contributed by atoms with E-state index in [-0.39, 0.29) is 22.2 Å². The molecule has 1 aromatic heterocycles. The summed E-state index contributed by atoms with van der Waals surface area (Å²) in [6.07, 6.45) is 0. The van der Waals surface area contributed by atoms with Crippen molar-refractivity contribution in [2.45, 2.75) is 6.92 Å². The van der Waals surface area contributed by atoms with Crippen LogP contribution in [0.1, 0.15) is 33.3 Å². The van der Waals surface area contributed by atoms with Crippen molar-refractivity contribution in [1.29, 1.82) is 0 Å². The third kappa shape index (κ3) is 4.73. The summed E-state index contributed by atoms with van der Waals surface area (Å²) >= 11 is 5.20. The fourth-order valence-corrected chi connectivity index (χ4v) is 3.75. The lowest BCUT2D eigenvalue weighted by molar-refractivity contribution is 0.0958. The Morgan fingerprint density at radius 1 is 0.879 bits per heavy atom. The first kappa shape index (κ1) is 22.1. The van der Waals surface area contributed by atoms with Crippen LogP contribution in [0.3, 0.4) is 0 Å². The summed E-state index contributed by atoms with van der Waals surface area (Å²) in [4.78, 5) is 27.0. The topological polar surface area (TPSA) is 76.0 Å². The number of nitrogens with zero attached hydrogens (tertiary/aromatic N) is 2. The van der Waals surface area contributed by atoms with Crippen molar-refractivity contribution in [3.63, 3.8) is 0 Å². The number of amides is 1. The number of carbonyl (C=O) groups excluding carboxylic acids is 2. The Labute approximate surface area is 197 Å². The van der Waals surface area contributed by atoms with Gasteiger partial charge in [0.1, 0.15) is 0 Å². The van der Waals surface area contributed by atoms with Crippen LogP contribution in [-0.4, -0.2) is 33.1 Å². The molecule has 6 nitrogen and oxygen atoms in total. The molecular weight excluding hydrogens is 432 g/mol. The van der Waals surface area contributed by atoms with Crippen molar-refractivity contribution in [3.8, 4) is 16.9 Å². The van der Waals surface area contributed by atoms with Crippen LogP contribution in [0, 0.1) is 0 Å². The maximum absolute atomic E-state index is 13.7. The molecular formula is C26H22N4O2S. The minimum absolute atomic E-state index is 0.00631. The molecule has 0 radical (unpaired) electrons. The van der Waals surface area contributed by atoms with Gasteiger partial charge in [-0.25, -0.2) is 4.68 Å². The van der Waals surface area contributed by atoms with Crippen molar-refractivity contribution in [2.75, 3.05) is 6.54 Å². The number of carbonyl (C=O) groups is 2. The second kappa shape index (κ2) is 10.0. The molecule has 3 aromatic carbocycles. The number of thiocarbonyl (C=S) groups is 1. The minimum Gasteiger partial charge on any atom is -0.363 e. The Hall–Kier alpha value is -4.10. The Kier molecular flexibility index (Phi) is 6.71. The summed E-state index contributed by atoms with van der Waals surface area (Å²) in [6, 6.07) is 27.7. The van der Waals surface area contributed by atoms with Crippen LogP contribution in [0.25, 0.3) is 16.9 Å². The number of hydrogen-bond donors (Lipinski definition) is 2. The van der Waals surface area contributed by atoms with Crippen LogP contribution >= 0.6 is 12.2 Å². The van der Waals surface area contributed by atoms with E-state index in [4.69, 9.17) is 12.2 Å². The molecule has 0 bridgehead atoms. The van der Waals surface area contributed by atoms with Crippen molar-refractivity contribution in [2.24, 2.45) is 0 Å². The van der Waals surface area contributed by atoms with E-state index < -0.39 is 5.91 Å². The van der Waals surface area contributed by atoms with E-state index in [1.807, 2.05) is 73.7 Å². The number of hydrogen-bond acceptors (Lipinski definition) is 4. The molecule has 1 amide bonds. The standard InChI is InChI=1S/C26H22N4O2S/c1-2-27-26(33)28-25(32)22-21(24(31)19-14-8-4-9-15-19)23(18-12-6-3-7-13-18)30(29-22)20-16-10-5-11-17-20/h3-17H,2H2,1H3,(H2,27,28,32,33). The zero-order valence-corrected chi connectivity index (χ0v) is 18.8. The summed E-state index contributed by atoms with van der Waals surface area (Å²) < 4.78 is 1.64. The normalized spacial score (nSPS) is 10.5. The molecule has 0 atom stereocenters. The molecule has 0 spiro atoms. The van der Waals surface area contributed by atoms with E-state index >= 15 is 0 Å². The third-order valence-corrected chi connectivity index (χ3v) is 5.22. The Morgan fingerprint density at radius 2 is 1.45 bits per heavy atom. The van der Waals surface area contributed by atoms with Crippen molar-refractivity contribution < 1.29 is 9.59 Å². The number of rotatable bonds is 6. The van der Waals surface area contributed by atoms with Gasteiger partial charge in [-0.2, -0.15) is 5.10 Å². The molecule has 0 saturated carbocycles. The lowest BCUT2D eigenvalue weighted by Gasteiger charge is -2.10. The zero-order valence-electron chi connectivity index (χ0n) is 18.0. The predicted molar refractivity (Wildman–Crippen MR) is 133 cm³/mol. The highest BCUT2D eigenvalue weighted by molar-refractivity contribution is 7.80. The number of para-hydroxylation sites is 1. The van der Waals surface area contributed by atoms with Gasteiger partial charge in [-0.15, -0.1) is 0 Å². The highest BCUT2D eigenvalue weighted by atomic mass is 32.1. The molecule has 7 heteroatoms. The summed E-state index contributed by atoms with van der Waals surface area (Å²) in [7, 11) is 0. The highest BCUT2D eigenvalue weighted by Crippen LogP contribution is 2.31. The number of nitrogens with one attached hydrogen (secondary N) is 2. The quantitative estimate of drug-likeness (QED) is 0.334. The highest BCUT2D eigenvalue weighted by Gasteiger charge is 2.30. The van der Waals surface area contributed by atoms with Gasteiger partial charge in [0, 0.05) is 17.7 Å². The number of aromatic nitrogens is 2. The molecule has 4 aromatic rings. The predicted octanol–water partition coefficient (Wildman–Crippen LogP) is 4.39. The third-order valence-electron chi connectivity index (χ3n) is 4.98. The van der Waals surface area contributed by atoms with Gasteiger partial charge in [-0.3, -0.25) is 14.9 Å². The lowest BCUT2D eigenvalue weighted by atomic mass is 9.97. The van der Waals surface area contributed by atoms with Crippen LogP contribution in [0.2, 0.25) is 0 Å². The fourth-order valence-electron chi connectivity index (χ4n) is 3.51. The monoisotopic (exact) mass is 454 g/mol. The molecule has 0 aliphatic heterocycles. The maximum atomic E-state index is 13.7. The smallest absolute Gasteiger partial charge is 0.278 e. The number of benzene rings is 3. The Balaban J connectivity index is 1.97. The Bertz CT molecular complexity index is 1290. The molecule has 2 N–H and O–H groups in total.